The Morgan fingerprint density at radius 1 is 0.500 bits per heavy atom. The lowest BCUT2D eigenvalue weighted by Gasteiger charge is -2.12. The molecule has 0 saturated carbocycles. The van der Waals surface area contributed by atoms with Gasteiger partial charge in [0.05, 0.1) is 0 Å². The van der Waals surface area contributed by atoms with Crippen molar-refractivity contribution in [2.45, 2.75) is 0 Å². The van der Waals surface area contributed by atoms with Gasteiger partial charge in [0.25, 0.3) is 0 Å². The average molecular weight is 475 g/mol. The molecule has 0 aliphatic carbocycles. The number of nitrogens with one attached hydrogen (secondary N) is 2. The zero-order valence-corrected chi connectivity index (χ0v) is 21.0. The van der Waals surface area contributed by atoms with E-state index in [-0.39, 0.29) is 0 Å². The molecular weight excluding hydrogens is 444 g/mol. The molecule has 180 valence electrons. The Kier molecular flexibility index (Phi) is 6.41. The molecular formula is C30H30N6. The molecule has 4 aromatic heterocycles. The summed E-state index contributed by atoms with van der Waals surface area (Å²) >= 11 is 0. The molecule has 0 aliphatic rings. The van der Waals surface area contributed by atoms with Gasteiger partial charge in [-0.2, -0.15) is 0 Å². The summed E-state index contributed by atoms with van der Waals surface area (Å²) in [5.74, 6) is 0. The van der Waals surface area contributed by atoms with Crippen molar-refractivity contribution in [2.24, 2.45) is 0 Å². The second kappa shape index (κ2) is 9.96. The number of rotatable bonds is 4. The molecule has 0 spiro atoms. The van der Waals surface area contributed by atoms with Crippen LogP contribution in [0.2, 0.25) is 0 Å². The molecule has 2 aromatic carbocycles. The highest BCUT2D eigenvalue weighted by Gasteiger charge is 2.03. The van der Waals surface area contributed by atoms with Gasteiger partial charge in [-0.05, 0) is 59.7 Å². The highest BCUT2D eigenvalue weighted by atomic mass is 15.1. The minimum Gasteiger partial charge on any atom is -0.378 e. The summed E-state index contributed by atoms with van der Waals surface area (Å²) in [4.78, 5) is 19.2. The van der Waals surface area contributed by atoms with E-state index < -0.39 is 0 Å². The van der Waals surface area contributed by atoms with Gasteiger partial charge in [0, 0.05) is 86.3 Å². The summed E-state index contributed by atoms with van der Waals surface area (Å²) in [6, 6.07) is 25.4. The van der Waals surface area contributed by atoms with Gasteiger partial charge < -0.3 is 19.8 Å². The van der Waals surface area contributed by atoms with Crippen molar-refractivity contribution in [3.63, 3.8) is 0 Å². The van der Waals surface area contributed by atoms with Crippen molar-refractivity contribution < 1.29 is 0 Å². The first-order chi connectivity index (χ1) is 17.5. The van der Waals surface area contributed by atoms with Crippen molar-refractivity contribution in [3.8, 4) is 22.3 Å². The quantitative estimate of drug-likeness (QED) is 0.302. The minimum atomic E-state index is 0.934. The van der Waals surface area contributed by atoms with E-state index in [1.807, 2.05) is 65.1 Å². The Labute approximate surface area is 211 Å². The normalized spacial score (nSPS) is 10.8. The molecule has 0 radical (unpaired) electrons. The van der Waals surface area contributed by atoms with Gasteiger partial charge in [-0.3, -0.25) is 0 Å². The molecule has 0 bridgehead atoms. The second-order valence-electron chi connectivity index (χ2n) is 9.16. The molecule has 6 heteroatoms. The minimum absolute atomic E-state index is 0.934. The first-order valence-electron chi connectivity index (χ1n) is 11.9. The van der Waals surface area contributed by atoms with Crippen LogP contribution in [-0.2, 0) is 0 Å². The van der Waals surface area contributed by atoms with Crippen molar-refractivity contribution in [3.05, 3.63) is 97.6 Å². The van der Waals surface area contributed by atoms with E-state index >= 15 is 0 Å². The topological polar surface area (TPSA) is 63.8 Å². The van der Waals surface area contributed by atoms with Crippen LogP contribution in [0.1, 0.15) is 0 Å². The Morgan fingerprint density at radius 2 is 0.889 bits per heavy atom. The molecule has 4 heterocycles. The van der Waals surface area contributed by atoms with Gasteiger partial charge >= 0.3 is 0 Å². The summed E-state index contributed by atoms with van der Waals surface area (Å²) < 4.78 is 0. The fourth-order valence-electron chi connectivity index (χ4n) is 4.10. The molecule has 6 aromatic rings. The number of pyridine rings is 2. The monoisotopic (exact) mass is 474 g/mol. The van der Waals surface area contributed by atoms with Gasteiger partial charge in [0.1, 0.15) is 11.3 Å². The van der Waals surface area contributed by atoms with E-state index in [0.29, 0.717) is 0 Å². The van der Waals surface area contributed by atoms with Gasteiger partial charge in [-0.25, -0.2) is 9.97 Å². The Balaban J connectivity index is 0.000000148. The maximum atomic E-state index is 4.41. The predicted octanol–water partition coefficient (Wildman–Crippen LogP) is 6.59. The molecule has 36 heavy (non-hydrogen) atoms. The van der Waals surface area contributed by atoms with Crippen LogP contribution in [0.25, 0.3) is 44.3 Å². The Morgan fingerprint density at radius 3 is 1.25 bits per heavy atom. The first-order valence-corrected chi connectivity index (χ1v) is 11.9. The Bertz CT molecular complexity index is 1450. The summed E-state index contributed by atoms with van der Waals surface area (Å²) in [6.45, 7) is 0. The van der Waals surface area contributed by atoms with Gasteiger partial charge in [-0.1, -0.05) is 24.3 Å². The van der Waals surface area contributed by atoms with Crippen molar-refractivity contribution >= 4 is 33.4 Å². The number of aromatic amines is 2. The van der Waals surface area contributed by atoms with Crippen LogP contribution in [0.4, 0.5) is 11.4 Å². The van der Waals surface area contributed by atoms with Crippen molar-refractivity contribution in [2.75, 3.05) is 38.0 Å². The van der Waals surface area contributed by atoms with Gasteiger partial charge in [0.2, 0.25) is 0 Å². The molecule has 6 rings (SSSR count). The number of hydrogen-bond acceptors (Lipinski definition) is 4. The molecule has 0 atom stereocenters. The average Bonchev–Trinajstić information content (AvgIpc) is 3.57. The molecule has 0 fully saturated rings. The maximum Gasteiger partial charge on any atom is 0.137 e. The SMILES string of the molecule is CN(C)c1ccc(-c2cnc3[nH]ccc3c2)cc1.CN(C)c1ccc(-c2cnc3[nH]ccc3c2)cc1. The van der Waals surface area contributed by atoms with Crippen LogP contribution in [0.15, 0.2) is 97.6 Å². The van der Waals surface area contributed by atoms with Crippen LogP contribution < -0.4 is 9.80 Å². The van der Waals surface area contributed by atoms with E-state index in [1.165, 1.54) is 22.5 Å². The molecule has 0 aliphatic heterocycles. The lowest BCUT2D eigenvalue weighted by molar-refractivity contribution is 1.13. The largest absolute Gasteiger partial charge is 0.378 e. The third-order valence-electron chi connectivity index (χ3n) is 6.23. The third-order valence-corrected chi connectivity index (χ3v) is 6.23. The van der Waals surface area contributed by atoms with Crippen LogP contribution in [0.3, 0.4) is 0 Å². The summed E-state index contributed by atoms with van der Waals surface area (Å²) in [5, 5.41) is 2.29. The number of anilines is 2. The van der Waals surface area contributed by atoms with E-state index in [9.17, 15) is 0 Å². The number of nitrogens with zero attached hydrogens (tertiary/aromatic N) is 4. The van der Waals surface area contributed by atoms with Crippen LogP contribution >= 0.6 is 0 Å². The maximum absolute atomic E-state index is 4.41. The van der Waals surface area contributed by atoms with E-state index in [0.717, 1.165) is 33.2 Å². The Hall–Kier alpha value is -4.58. The van der Waals surface area contributed by atoms with Crippen LogP contribution in [0, 0.1) is 0 Å². The van der Waals surface area contributed by atoms with Crippen LogP contribution in [-0.4, -0.2) is 48.1 Å². The number of benzene rings is 2. The van der Waals surface area contributed by atoms with Crippen molar-refractivity contribution in [1.29, 1.82) is 0 Å². The highest BCUT2D eigenvalue weighted by Crippen LogP contribution is 2.25. The molecule has 0 unspecified atom stereocenters. The lowest BCUT2D eigenvalue weighted by atomic mass is 10.1. The number of hydrogen-bond donors (Lipinski definition) is 2. The van der Waals surface area contributed by atoms with Gasteiger partial charge in [-0.15, -0.1) is 0 Å². The van der Waals surface area contributed by atoms with Crippen molar-refractivity contribution in [1.82, 2.24) is 19.9 Å². The van der Waals surface area contributed by atoms with E-state index in [1.54, 1.807) is 0 Å². The highest BCUT2D eigenvalue weighted by molar-refractivity contribution is 5.82. The van der Waals surface area contributed by atoms with Gasteiger partial charge in [0.15, 0.2) is 0 Å². The standard InChI is InChI=1S/2C15H15N3/c2*1-18(2)14-5-3-11(4-6-14)13-9-12-7-8-16-15(12)17-10-13/h2*3-10H,1-2H3,(H,16,17). The zero-order valence-electron chi connectivity index (χ0n) is 21.0. The summed E-state index contributed by atoms with van der Waals surface area (Å²) in [7, 11) is 8.18. The first kappa shape index (κ1) is 23.2. The lowest BCUT2D eigenvalue weighted by Crippen LogP contribution is -2.07. The fourth-order valence-corrected chi connectivity index (χ4v) is 4.10. The zero-order chi connectivity index (χ0) is 25.1. The summed E-state index contributed by atoms with van der Waals surface area (Å²) in [5.41, 5.74) is 8.95. The van der Waals surface area contributed by atoms with E-state index in [4.69, 9.17) is 0 Å². The third kappa shape index (κ3) is 4.93. The summed E-state index contributed by atoms with van der Waals surface area (Å²) in [6.07, 6.45) is 7.64. The number of aromatic nitrogens is 4. The second-order valence-corrected chi connectivity index (χ2v) is 9.16. The van der Waals surface area contributed by atoms with Crippen LogP contribution in [0.5, 0.6) is 0 Å². The number of fused-ring (bicyclic) bond motifs is 2. The number of H-pyrrole nitrogens is 2. The smallest absolute Gasteiger partial charge is 0.137 e. The molecule has 0 amide bonds. The molecule has 2 N–H and O–H groups in total. The molecule has 0 saturated heterocycles. The van der Waals surface area contributed by atoms with E-state index in [2.05, 4.69) is 90.4 Å². The fraction of sp³-hybridized carbons (Fsp3) is 0.133. The predicted molar refractivity (Wildman–Crippen MR) is 152 cm³/mol. The molecule has 6 nitrogen and oxygen atoms in total.